The lowest BCUT2D eigenvalue weighted by Gasteiger charge is -2.32. The van der Waals surface area contributed by atoms with Gasteiger partial charge in [0.2, 0.25) is 6.79 Å². The number of rotatable bonds is 4. The van der Waals surface area contributed by atoms with E-state index >= 15 is 0 Å². The van der Waals surface area contributed by atoms with Gasteiger partial charge in [-0.25, -0.2) is 9.59 Å². The van der Waals surface area contributed by atoms with E-state index in [-0.39, 0.29) is 12.8 Å². The van der Waals surface area contributed by atoms with E-state index in [0.717, 1.165) is 0 Å². The average Bonchev–Trinajstić information content (AvgIpc) is 3.12. The monoisotopic (exact) mass is 437 g/mol. The number of hydrogen-bond donors (Lipinski definition) is 0. The molecule has 0 fully saturated rings. The standard InChI is InChI=1S/C19H20BrNO6/c1-10(2)21-7-12(18(22)24-3)17(13(8-21)19(23)25-4)11-5-15-16(6-14(11)20)27-9-26-15/h5-8,10,17H,9H2,1-4H3. The van der Waals surface area contributed by atoms with Gasteiger partial charge in [-0.3, -0.25) is 0 Å². The number of halogens is 1. The van der Waals surface area contributed by atoms with Gasteiger partial charge in [0.25, 0.3) is 0 Å². The lowest BCUT2D eigenvalue weighted by atomic mass is 9.83. The van der Waals surface area contributed by atoms with Gasteiger partial charge in [-0.1, -0.05) is 15.9 Å². The van der Waals surface area contributed by atoms with Gasteiger partial charge in [0.05, 0.1) is 31.3 Å². The molecular formula is C19H20BrNO6. The fourth-order valence-corrected chi connectivity index (χ4v) is 3.59. The molecule has 0 aliphatic carbocycles. The minimum absolute atomic E-state index is 0.0328. The molecule has 8 heteroatoms. The Balaban J connectivity index is 2.19. The van der Waals surface area contributed by atoms with Crippen molar-refractivity contribution in [2.75, 3.05) is 21.0 Å². The average molecular weight is 438 g/mol. The van der Waals surface area contributed by atoms with E-state index in [1.165, 1.54) is 14.2 Å². The Kier molecular flexibility index (Phi) is 5.46. The minimum atomic E-state index is -0.677. The van der Waals surface area contributed by atoms with Crippen molar-refractivity contribution in [2.24, 2.45) is 0 Å². The maximum Gasteiger partial charge on any atom is 0.336 e. The van der Waals surface area contributed by atoms with Crippen LogP contribution < -0.4 is 9.47 Å². The second-order valence-electron chi connectivity index (χ2n) is 6.35. The van der Waals surface area contributed by atoms with E-state index in [2.05, 4.69) is 15.9 Å². The van der Waals surface area contributed by atoms with Crippen LogP contribution in [0.1, 0.15) is 25.3 Å². The van der Waals surface area contributed by atoms with E-state index in [0.29, 0.717) is 32.7 Å². The fraction of sp³-hybridized carbons (Fsp3) is 0.368. The van der Waals surface area contributed by atoms with Crippen LogP contribution in [0.4, 0.5) is 0 Å². The summed E-state index contributed by atoms with van der Waals surface area (Å²) >= 11 is 3.52. The lowest BCUT2D eigenvalue weighted by Crippen LogP contribution is -2.31. The first-order valence-corrected chi connectivity index (χ1v) is 9.13. The summed E-state index contributed by atoms with van der Waals surface area (Å²) in [6, 6.07) is 3.55. The van der Waals surface area contributed by atoms with Crippen molar-refractivity contribution in [2.45, 2.75) is 25.8 Å². The highest BCUT2D eigenvalue weighted by atomic mass is 79.9. The number of ether oxygens (including phenoxy) is 4. The third-order valence-electron chi connectivity index (χ3n) is 4.44. The van der Waals surface area contributed by atoms with Crippen LogP contribution >= 0.6 is 15.9 Å². The van der Waals surface area contributed by atoms with Crippen molar-refractivity contribution >= 4 is 27.9 Å². The predicted molar refractivity (Wildman–Crippen MR) is 100 cm³/mol. The molecule has 1 aromatic rings. The molecule has 1 aromatic carbocycles. The molecule has 0 saturated heterocycles. The summed E-state index contributed by atoms with van der Waals surface area (Å²) in [5.41, 5.74) is 1.33. The Bertz CT molecular complexity index is 811. The molecule has 0 atom stereocenters. The Morgan fingerprint density at radius 2 is 1.59 bits per heavy atom. The largest absolute Gasteiger partial charge is 0.466 e. The molecule has 0 saturated carbocycles. The van der Waals surface area contributed by atoms with Crippen LogP contribution in [-0.2, 0) is 19.1 Å². The normalized spacial score (nSPS) is 16.1. The van der Waals surface area contributed by atoms with Gasteiger partial charge in [-0.05, 0) is 31.5 Å². The lowest BCUT2D eigenvalue weighted by molar-refractivity contribution is -0.137. The second-order valence-corrected chi connectivity index (χ2v) is 7.21. The summed E-state index contributed by atoms with van der Waals surface area (Å²) in [5, 5.41) is 0. The molecular weight excluding hydrogens is 418 g/mol. The summed E-state index contributed by atoms with van der Waals surface area (Å²) in [5.74, 6) is -0.580. The van der Waals surface area contributed by atoms with E-state index in [1.54, 1.807) is 29.4 Å². The van der Waals surface area contributed by atoms with E-state index in [4.69, 9.17) is 18.9 Å². The van der Waals surface area contributed by atoms with Crippen molar-refractivity contribution in [1.82, 2.24) is 4.90 Å². The van der Waals surface area contributed by atoms with Crippen molar-refractivity contribution in [1.29, 1.82) is 0 Å². The Labute approximate surface area is 165 Å². The Morgan fingerprint density at radius 1 is 1.07 bits per heavy atom. The molecule has 0 radical (unpaired) electrons. The van der Waals surface area contributed by atoms with Crippen LogP contribution in [0.3, 0.4) is 0 Å². The molecule has 3 rings (SSSR count). The molecule has 0 bridgehead atoms. The quantitative estimate of drug-likeness (QED) is 0.669. The number of hydrogen-bond acceptors (Lipinski definition) is 7. The zero-order valence-corrected chi connectivity index (χ0v) is 17.0. The van der Waals surface area contributed by atoms with Crippen LogP contribution in [0.5, 0.6) is 11.5 Å². The summed E-state index contributed by atoms with van der Waals surface area (Å²) in [6.45, 7) is 4.03. The summed E-state index contributed by atoms with van der Waals surface area (Å²) in [7, 11) is 2.62. The van der Waals surface area contributed by atoms with E-state index < -0.39 is 17.9 Å². The third kappa shape index (κ3) is 3.53. The highest BCUT2D eigenvalue weighted by Gasteiger charge is 2.37. The van der Waals surface area contributed by atoms with E-state index in [1.807, 2.05) is 13.8 Å². The van der Waals surface area contributed by atoms with Crippen LogP contribution in [0.2, 0.25) is 0 Å². The number of fused-ring (bicyclic) bond motifs is 1. The zero-order valence-electron chi connectivity index (χ0n) is 15.4. The molecule has 7 nitrogen and oxygen atoms in total. The first-order valence-electron chi connectivity index (χ1n) is 8.33. The van der Waals surface area contributed by atoms with Gasteiger partial charge < -0.3 is 23.8 Å². The van der Waals surface area contributed by atoms with Gasteiger partial charge in [-0.2, -0.15) is 0 Å². The van der Waals surface area contributed by atoms with Crippen LogP contribution in [0, 0.1) is 0 Å². The topological polar surface area (TPSA) is 74.3 Å². The maximum absolute atomic E-state index is 12.6. The summed E-state index contributed by atoms with van der Waals surface area (Å²) in [6.07, 6.45) is 3.40. The highest BCUT2D eigenvalue weighted by molar-refractivity contribution is 9.10. The van der Waals surface area contributed by atoms with Crippen molar-refractivity contribution < 1.29 is 28.5 Å². The molecule has 27 heavy (non-hydrogen) atoms. The smallest absolute Gasteiger partial charge is 0.336 e. The fourth-order valence-electron chi connectivity index (χ4n) is 3.04. The van der Waals surface area contributed by atoms with Gasteiger partial charge in [0.15, 0.2) is 11.5 Å². The molecule has 0 unspecified atom stereocenters. The first-order chi connectivity index (χ1) is 12.9. The number of carbonyl (C=O) groups is 2. The number of esters is 2. The highest BCUT2D eigenvalue weighted by Crippen LogP contribution is 2.45. The number of nitrogens with zero attached hydrogens (tertiary/aromatic N) is 1. The molecule has 2 heterocycles. The van der Waals surface area contributed by atoms with Crippen LogP contribution in [0.25, 0.3) is 0 Å². The number of carbonyl (C=O) groups excluding carboxylic acids is 2. The Morgan fingerprint density at radius 3 is 2.07 bits per heavy atom. The third-order valence-corrected chi connectivity index (χ3v) is 5.13. The van der Waals surface area contributed by atoms with E-state index in [9.17, 15) is 9.59 Å². The molecule has 2 aliphatic heterocycles. The maximum atomic E-state index is 12.6. The second kappa shape index (κ2) is 7.64. The molecule has 0 spiro atoms. The van der Waals surface area contributed by atoms with Gasteiger partial charge >= 0.3 is 11.9 Å². The van der Waals surface area contributed by atoms with Crippen LogP contribution in [-0.4, -0.2) is 43.9 Å². The van der Waals surface area contributed by atoms with Gasteiger partial charge in [0, 0.05) is 22.9 Å². The SMILES string of the molecule is COC(=O)C1=CN(C(C)C)C=C(C(=O)OC)C1c1cc2c(cc1Br)OCO2. The molecule has 0 aromatic heterocycles. The molecule has 2 aliphatic rings. The number of benzene rings is 1. The van der Waals surface area contributed by atoms with Gasteiger partial charge in [-0.15, -0.1) is 0 Å². The van der Waals surface area contributed by atoms with Crippen molar-refractivity contribution in [3.05, 3.63) is 45.7 Å². The predicted octanol–water partition coefficient (Wildman–Crippen LogP) is 3.10. The number of methoxy groups -OCH3 is 2. The zero-order chi connectivity index (χ0) is 19.7. The van der Waals surface area contributed by atoms with Crippen molar-refractivity contribution in [3.63, 3.8) is 0 Å². The molecule has 0 amide bonds. The van der Waals surface area contributed by atoms with Gasteiger partial charge in [0.1, 0.15) is 0 Å². The van der Waals surface area contributed by atoms with Crippen LogP contribution in [0.15, 0.2) is 40.2 Å². The summed E-state index contributed by atoms with van der Waals surface area (Å²) < 4.78 is 21.5. The summed E-state index contributed by atoms with van der Waals surface area (Å²) in [4.78, 5) is 26.9. The van der Waals surface area contributed by atoms with Crippen molar-refractivity contribution in [3.8, 4) is 11.5 Å². The first kappa shape index (κ1) is 19.3. The minimum Gasteiger partial charge on any atom is -0.466 e. The molecule has 0 N–H and O–H groups in total. The molecule has 144 valence electrons. The Hall–Kier alpha value is -2.48.